The number of nitrogens with one attached hydrogen (secondary N) is 2. The zero-order valence-corrected chi connectivity index (χ0v) is 15.1. The van der Waals surface area contributed by atoms with Crippen molar-refractivity contribution >= 4 is 34.8 Å². The summed E-state index contributed by atoms with van der Waals surface area (Å²) < 4.78 is 0. The number of amides is 2. The fourth-order valence-corrected chi connectivity index (χ4v) is 2.31. The molecular formula is C19H22ClN3O2. The molecule has 0 spiro atoms. The molecule has 5 nitrogen and oxygen atoms in total. The van der Waals surface area contributed by atoms with Crippen LogP contribution in [-0.2, 0) is 16.0 Å². The van der Waals surface area contributed by atoms with Crippen LogP contribution in [0.1, 0.15) is 12.0 Å². The van der Waals surface area contributed by atoms with E-state index in [1.165, 1.54) is 0 Å². The monoisotopic (exact) mass is 359 g/mol. The third-order valence-corrected chi connectivity index (χ3v) is 3.91. The van der Waals surface area contributed by atoms with Gasteiger partial charge in [-0.25, -0.2) is 0 Å². The molecule has 2 rings (SSSR count). The first-order chi connectivity index (χ1) is 11.9. The summed E-state index contributed by atoms with van der Waals surface area (Å²) in [5.41, 5.74) is 2.65. The van der Waals surface area contributed by atoms with Gasteiger partial charge >= 0.3 is 0 Å². The van der Waals surface area contributed by atoms with Crippen molar-refractivity contribution in [2.75, 3.05) is 31.3 Å². The third kappa shape index (κ3) is 6.47. The fraction of sp³-hybridized carbons (Fsp3) is 0.263. The number of hydrogen-bond donors (Lipinski definition) is 2. The Kier molecular flexibility index (Phi) is 6.83. The van der Waals surface area contributed by atoms with Crippen LogP contribution >= 0.6 is 11.6 Å². The zero-order valence-electron chi connectivity index (χ0n) is 14.4. The Labute approximate surface area is 153 Å². The molecule has 2 aromatic carbocycles. The Bertz CT molecular complexity index is 712. The molecular weight excluding hydrogens is 338 g/mol. The Hall–Kier alpha value is -2.53. The molecule has 0 atom stereocenters. The summed E-state index contributed by atoms with van der Waals surface area (Å²) in [6, 6.07) is 14.7. The molecule has 0 aliphatic heterocycles. The van der Waals surface area contributed by atoms with E-state index in [-0.39, 0.29) is 18.4 Å². The molecule has 0 unspecified atom stereocenters. The number of rotatable bonds is 7. The first kappa shape index (κ1) is 18.8. The smallest absolute Gasteiger partial charge is 0.243 e. The molecule has 25 heavy (non-hydrogen) atoms. The van der Waals surface area contributed by atoms with Gasteiger partial charge in [-0.3, -0.25) is 9.59 Å². The molecule has 2 aromatic rings. The van der Waals surface area contributed by atoms with Gasteiger partial charge in [0.1, 0.15) is 0 Å². The molecule has 2 amide bonds. The molecule has 0 saturated heterocycles. The molecule has 0 fully saturated rings. The van der Waals surface area contributed by atoms with E-state index in [1.807, 2.05) is 24.3 Å². The molecule has 0 aliphatic rings. The second kappa shape index (κ2) is 9.08. The predicted octanol–water partition coefficient (Wildman–Crippen LogP) is 3.41. The Morgan fingerprint density at radius 3 is 2.16 bits per heavy atom. The Balaban J connectivity index is 1.78. The lowest BCUT2D eigenvalue weighted by Gasteiger charge is -2.11. The van der Waals surface area contributed by atoms with E-state index < -0.39 is 0 Å². The number of carbonyl (C=O) groups is 2. The van der Waals surface area contributed by atoms with Crippen LogP contribution in [0, 0.1) is 0 Å². The highest BCUT2D eigenvalue weighted by Crippen LogP contribution is 2.14. The van der Waals surface area contributed by atoms with E-state index in [1.54, 1.807) is 43.3 Å². The highest BCUT2D eigenvalue weighted by atomic mass is 35.5. The minimum atomic E-state index is -0.136. The van der Waals surface area contributed by atoms with Crippen molar-refractivity contribution in [2.45, 2.75) is 12.8 Å². The molecule has 0 aliphatic carbocycles. The van der Waals surface area contributed by atoms with Crippen LogP contribution in [0.25, 0.3) is 0 Å². The summed E-state index contributed by atoms with van der Waals surface area (Å²) in [6.07, 6.45) is 1.19. The maximum atomic E-state index is 11.9. The second-order valence-corrected chi connectivity index (χ2v) is 6.33. The first-order valence-electron chi connectivity index (χ1n) is 8.02. The number of hydrogen-bond acceptors (Lipinski definition) is 3. The maximum absolute atomic E-state index is 11.9. The van der Waals surface area contributed by atoms with Crippen molar-refractivity contribution < 1.29 is 9.59 Å². The topological polar surface area (TPSA) is 61.4 Å². The normalized spacial score (nSPS) is 10.2. The average molecular weight is 360 g/mol. The minimum absolute atomic E-state index is 0.112. The standard InChI is InChI=1S/C19H22ClN3O2/c1-23(2)19(25)12-5-14-3-8-16(9-4-14)21-13-18(24)22-17-10-6-15(20)7-11-17/h3-4,6-11,21H,5,12-13H2,1-2H3,(H,22,24). The summed E-state index contributed by atoms with van der Waals surface area (Å²) in [5, 5.41) is 6.49. The lowest BCUT2D eigenvalue weighted by molar-refractivity contribution is -0.128. The lowest BCUT2D eigenvalue weighted by atomic mass is 10.1. The first-order valence-corrected chi connectivity index (χ1v) is 8.40. The van der Waals surface area contributed by atoms with Gasteiger partial charge in [-0.1, -0.05) is 23.7 Å². The highest BCUT2D eigenvalue weighted by molar-refractivity contribution is 6.30. The van der Waals surface area contributed by atoms with Gasteiger partial charge in [0.15, 0.2) is 0 Å². The van der Waals surface area contributed by atoms with E-state index >= 15 is 0 Å². The number of benzene rings is 2. The molecule has 0 heterocycles. The van der Waals surface area contributed by atoms with Crippen LogP contribution in [0.15, 0.2) is 48.5 Å². The molecule has 6 heteroatoms. The molecule has 0 radical (unpaired) electrons. The predicted molar refractivity (Wildman–Crippen MR) is 102 cm³/mol. The number of anilines is 2. The molecule has 2 N–H and O–H groups in total. The Morgan fingerprint density at radius 1 is 0.960 bits per heavy atom. The quantitative estimate of drug-likeness (QED) is 0.796. The van der Waals surface area contributed by atoms with E-state index in [4.69, 9.17) is 11.6 Å². The summed E-state index contributed by atoms with van der Waals surface area (Å²) >= 11 is 5.81. The van der Waals surface area contributed by atoms with Crippen molar-refractivity contribution in [3.8, 4) is 0 Å². The second-order valence-electron chi connectivity index (χ2n) is 5.89. The maximum Gasteiger partial charge on any atom is 0.243 e. The average Bonchev–Trinajstić information content (AvgIpc) is 2.60. The minimum Gasteiger partial charge on any atom is -0.376 e. The highest BCUT2D eigenvalue weighted by Gasteiger charge is 2.05. The lowest BCUT2D eigenvalue weighted by Crippen LogP contribution is -2.22. The van der Waals surface area contributed by atoms with Crippen molar-refractivity contribution in [3.05, 3.63) is 59.1 Å². The van der Waals surface area contributed by atoms with Crippen molar-refractivity contribution in [1.29, 1.82) is 0 Å². The summed E-state index contributed by atoms with van der Waals surface area (Å²) in [6.45, 7) is 0.168. The summed E-state index contributed by atoms with van der Waals surface area (Å²) in [7, 11) is 3.51. The van der Waals surface area contributed by atoms with Crippen molar-refractivity contribution in [2.24, 2.45) is 0 Å². The number of halogens is 1. The summed E-state index contributed by atoms with van der Waals surface area (Å²) in [5.74, 6) is -0.0240. The van der Waals surface area contributed by atoms with Gasteiger partial charge in [0.05, 0.1) is 6.54 Å². The molecule has 0 saturated carbocycles. The van der Waals surface area contributed by atoms with Gasteiger partial charge in [-0.2, -0.15) is 0 Å². The SMILES string of the molecule is CN(C)C(=O)CCc1ccc(NCC(=O)Nc2ccc(Cl)cc2)cc1. The van der Waals surface area contributed by atoms with Crippen LogP contribution in [0.4, 0.5) is 11.4 Å². The van der Waals surface area contributed by atoms with Gasteiger partial charge < -0.3 is 15.5 Å². The zero-order chi connectivity index (χ0) is 18.2. The summed E-state index contributed by atoms with van der Waals surface area (Å²) in [4.78, 5) is 25.1. The largest absolute Gasteiger partial charge is 0.376 e. The number of aryl methyl sites for hydroxylation is 1. The van der Waals surface area contributed by atoms with E-state index in [0.717, 1.165) is 11.3 Å². The molecule has 132 valence electrons. The van der Waals surface area contributed by atoms with Gasteiger partial charge in [0.2, 0.25) is 11.8 Å². The van der Waals surface area contributed by atoms with Crippen LogP contribution in [0.3, 0.4) is 0 Å². The molecule has 0 aromatic heterocycles. The van der Waals surface area contributed by atoms with Crippen LogP contribution in [0.2, 0.25) is 5.02 Å². The van der Waals surface area contributed by atoms with E-state index in [9.17, 15) is 9.59 Å². The van der Waals surface area contributed by atoms with Crippen molar-refractivity contribution in [1.82, 2.24) is 4.90 Å². The van der Waals surface area contributed by atoms with Gasteiger partial charge in [-0.15, -0.1) is 0 Å². The van der Waals surface area contributed by atoms with E-state index in [0.29, 0.717) is 23.6 Å². The van der Waals surface area contributed by atoms with Crippen LogP contribution < -0.4 is 10.6 Å². The van der Waals surface area contributed by atoms with Crippen molar-refractivity contribution in [3.63, 3.8) is 0 Å². The van der Waals surface area contributed by atoms with E-state index in [2.05, 4.69) is 10.6 Å². The molecule has 0 bridgehead atoms. The van der Waals surface area contributed by atoms with Crippen LogP contribution in [0.5, 0.6) is 0 Å². The third-order valence-electron chi connectivity index (χ3n) is 3.66. The number of carbonyl (C=O) groups excluding carboxylic acids is 2. The van der Waals surface area contributed by atoms with Gasteiger partial charge in [0, 0.05) is 36.9 Å². The Morgan fingerprint density at radius 2 is 1.56 bits per heavy atom. The van der Waals surface area contributed by atoms with Crippen LogP contribution in [-0.4, -0.2) is 37.4 Å². The van der Waals surface area contributed by atoms with Gasteiger partial charge in [-0.05, 0) is 48.4 Å². The number of nitrogens with zero attached hydrogens (tertiary/aromatic N) is 1. The van der Waals surface area contributed by atoms with Gasteiger partial charge in [0.25, 0.3) is 0 Å². The fourth-order valence-electron chi connectivity index (χ4n) is 2.18.